The first-order chi connectivity index (χ1) is 13.6. The zero-order chi connectivity index (χ0) is 21.3. The van der Waals surface area contributed by atoms with Crippen molar-refractivity contribution in [3.63, 3.8) is 0 Å². The molecular formula is C18H21F2N5O3S. The van der Waals surface area contributed by atoms with E-state index in [0.717, 1.165) is 16.1 Å². The molecule has 1 aromatic carbocycles. The number of rotatable bonds is 7. The van der Waals surface area contributed by atoms with Crippen LogP contribution in [0.15, 0.2) is 36.8 Å². The Labute approximate surface area is 167 Å². The summed E-state index contributed by atoms with van der Waals surface area (Å²) in [5, 5.41) is 0. The summed E-state index contributed by atoms with van der Waals surface area (Å²) in [7, 11) is 1.53. The molecule has 2 aromatic heterocycles. The highest BCUT2D eigenvalue weighted by atomic mass is 32.2. The average Bonchev–Trinajstić information content (AvgIpc) is 3.00. The van der Waals surface area contributed by atoms with Crippen molar-refractivity contribution in [3.05, 3.63) is 42.4 Å². The maximum atomic E-state index is 13.0. The number of ether oxygens (including phenoxy) is 1. The molecule has 11 heteroatoms. The maximum absolute atomic E-state index is 13.0. The minimum absolute atomic E-state index is 0.0294. The zero-order valence-corrected chi connectivity index (χ0v) is 17.2. The number of halogens is 2. The number of alkyl halides is 2. The smallest absolute Gasteiger partial charge is 0.387 e. The van der Waals surface area contributed by atoms with Gasteiger partial charge in [-0.25, -0.2) is 22.7 Å². The van der Waals surface area contributed by atoms with Crippen molar-refractivity contribution in [2.45, 2.75) is 13.2 Å². The first-order valence-corrected chi connectivity index (χ1v) is 10.4. The standard InChI is InChI=1S/C18H21F2N5O3S/c1-23-11-22-13-9-21-17(8-15(13)23)25(3)14-6-5-12(7-16(14)28-18(19)20)10-24(2)29(4,26)27/h5-9,11,18H,10H2,1-4H3. The van der Waals surface area contributed by atoms with E-state index in [0.29, 0.717) is 22.6 Å². The van der Waals surface area contributed by atoms with Crippen molar-refractivity contribution in [3.8, 4) is 5.75 Å². The Morgan fingerprint density at radius 1 is 1.21 bits per heavy atom. The van der Waals surface area contributed by atoms with Gasteiger partial charge in [0.2, 0.25) is 10.0 Å². The van der Waals surface area contributed by atoms with Crippen LogP contribution in [-0.2, 0) is 23.6 Å². The van der Waals surface area contributed by atoms with Gasteiger partial charge in [0.15, 0.2) is 0 Å². The maximum Gasteiger partial charge on any atom is 0.387 e. The highest BCUT2D eigenvalue weighted by Crippen LogP contribution is 2.35. The van der Waals surface area contributed by atoms with Crippen molar-refractivity contribution < 1.29 is 21.9 Å². The third kappa shape index (κ3) is 4.62. The van der Waals surface area contributed by atoms with E-state index in [2.05, 4.69) is 9.97 Å². The summed E-state index contributed by atoms with van der Waals surface area (Å²) in [6.45, 7) is -3.00. The quantitative estimate of drug-likeness (QED) is 0.579. The summed E-state index contributed by atoms with van der Waals surface area (Å²) in [6.07, 6.45) is 4.34. The third-order valence-electron chi connectivity index (χ3n) is 4.51. The predicted octanol–water partition coefficient (Wildman–Crippen LogP) is 2.73. The van der Waals surface area contributed by atoms with Crippen LogP contribution < -0.4 is 9.64 Å². The van der Waals surface area contributed by atoms with Crippen molar-refractivity contribution in [2.24, 2.45) is 7.05 Å². The largest absolute Gasteiger partial charge is 0.433 e. The number of fused-ring (bicyclic) bond motifs is 1. The van der Waals surface area contributed by atoms with Gasteiger partial charge in [-0.15, -0.1) is 0 Å². The van der Waals surface area contributed by atoms with Gasteiger partial charge in [0, 0.05) is 33.8 Å². The normalized spacial score (nSPS) is 12.1. The van der Waals surface area contributed by atoms with Crippen LogP contribution in [0.3, 0.4) is 0 Å². The number of nitrogens with zero attached hydrogens (tertiary/aromatic N) is 5. The lowest BCUT2D eigenvalue weighted by Gasteiger charge is -2.23. The molecule has 0 aliphatic heterocycles. The summed E-state index contributed by atoms with van der Waals surface area (Å²) in [6, 6.07) is 6.45. The molecule has 0 unspecified atom stereocenters. The zero-order valence-electron chi connectivity index (χ0n) is 16.4. The van der Waals surface area contributed by atoms with E-state index in [9.17, 15) is 17.2 Å². The Bertz CT molecular complexity index is 1130. The van der Waals surface area contributed by atoms with Gasteiger partial charge in [-0.3, -0.25) is 0 Å². The first-order valence-electron chi connectivity index (χ1n) is 8.56. The number of hydrogen-bond acceptors (Lipinski definition) is 6. The molecule has 0 spiro atoms. The average molecular weight is 425 g/mol. The molecule has 0 N–H and O–H groups in total. The molecule has 0 radical (unpaired) electrons. The number of benzene rings is 1. The van der Waals surface area contributed by atoms with E-state index in [1.807, 2.05) is 11.6 Å². The molecule has 0 bridgehead atoms. The van der Waals surface area contributed by atoms with Gasteiger partial charge >= 0.3 is 6.61 Å². The molecule has 2 heterocycles. The highest BCUT2D eigenvalue weighted by Gasteiger charge is 2.18. The Morgan fingerprint density at radius 3 is 2.59 bits per heavy atom. The topological polar surface area (TPSA) is 80.6 Å². The van der Waals surface area contributed by atoms with Gasteiger partial charge in [0.05, 0.1) is 30.0 Å². The van der Waals surface area contributed by atoms with Gasteiger partial charge in [-0.05, 0) is 17.7 Å². The Balaban J connectivity index is 1.98. The summed E-state index contributed by atoms with van der Waals surface area (Å²) in [5.41, 5.74) is 2.43. The van der Waals surface area contributed by atoms with Crippen LogP contribution in [0.4, 0.5) is 20.3 Å². The number of anilines is 2. The lowest BCUT2D eigenvalue weighted by atomic mass is 10.1. The second-order valence-corrected chi connectivity index (χ2v) is 8.73. The van der Waals surface area contributed by atoms with Gasteiger partial charge in [-0.1, -0.05) is 6.07 Å². The predicted molar refractivity (Wildman–Crippen MR) is 106 cm³/mol. The molecule has 0 saturated heterocycles. The molecule has 0 amide bonds. The van der Waals surface area contributed by atoms with E-state index in [4.69, 9.17) is 4.74 Å². The van der Waals surface area contributed by atoms with Crippen molar-refractivity contribution >= 4 is 32.6 Å². The Morgan fingerprint density at radius 2 is 1.93 bits per heavy atom. The second kappa shape index (κ2) is 7.91. The van der Waals surface area contributed by atoms with Crippen molar-refractivity contribution in [1.82, 2.24) is 18.8 Å². The number of imidazole rings is 1. The lowest BCUT2D eigenvalue weighted by Crippen LogP contribution is -2.25. The van der Waals surface area contributed by atoms with Crippen LogP contribution >= 0.6 is 0 Å². The fraction of sp³-hybridized carbons (Fsp3) is 0.333. The molecule has 8 nitrogen and oxygen atoms in total. The van der Waals surface area contributed by atoms with Crippen LogP contribution in [0.25, 0.3) is 11.0 Å². The van der Waals surface area contributed by atoms with Crippen molar-refractivity contribution in [2.75, 3.05) is 25.3 Å². The highest BCUT2D eigenvalue weighted by molar-refractivity contribution is 7.88. The van der Waals surface area contributed by atoms with Crippen LogP contribution in [0.2, 0.25) is 0 Å². The Hall–Kier alpha value is -2.79. The summed E-state index contributed by atoms with van der Waals surface area (Å²) in [4.78, 5) is 10.2. The SMILES string of the molecule is CN(c1cc2c(cn1)ncn2C)c1ccc(CN(C)S(C)(=O)=O)cc1OC(F)F. The molecule has 29 heavy (non-hydrogen) atoms. The lowest BCUT2D eigenvalue weighted by molar-refractivity contribution is -0.0495. The molecule has 3 rings (SSSR count). The Kier molecular flexibility index (Phi) is 5.71. The molecule has 3 aromatic rings. The summed E-state index contributed by atoms with van der Waals surface area (Å²) < 4.78 is 56.9. The molecule has 0 saturated carbocycles. The number of pyridine rings is 1. The van der Waals surface area contributed by atoms with Crippen LogP contribution in [-0.4, -0.2) is 54.2 Å². The molecule has 0 atom stereocenters. The van der Waals surface area contributed by atoms with Crippen LogP contribution in [0.5, 0.6) is 5.75 Å². The summed E-state index contributed by atoms with van der Waals surface area (Å²) in [5.74, 6) is 0.440. The van der Waals surface area contributed by atoms with Gasteiger partial charge in [-0.2, -0.15) is 8.78 Å². The van der Waals surface area contributed by atoms with Crippen molar-refractivity contribution in [1.29, 1.82) is 0 Å². The van der Waals surface area contributed by atoms with E-state index in [-0.39, 0.29) is 12.3 Å². The van der Waals surface area contributed by atoms with E-state index < -0.39 is 16.6 Å². The molecule has 156 valence electrons. The van der Waals surface area contributed by atoms with Gasteiger partial charge in [0.1, 0.15) is 17.1 Å². The minimum atomic E-state index is -3.41. The molecule has 0 aliphatic carbocycles. The minimum Gasteiger partial charge on any atom is -0.433 e. The number of sulfonamides is 1. The third-order valence-corrected chi connectivity index (χ3v) is 5.78. The molecule has 0 aliphatic rings. The number of aryl methyl sites for hydroxylation is 1. The summed E-state index contributed by atoms with van der Waals surface area (Å²) >= 11 is 0. The fourth-order valence-corrected chi connectivity index (χ4v) is 3.21. The van der Waals surface area contributed by atoms with E-state index >= 15 is 0 Å². The first kappa shape index (κ1) is 20.9. The van der Waals surface area contributed by atoms with E-state index in [1.165, 1.54) is 13.1 Å². The van der Waals surface area contributed by atoms with Crippen LogP contribution in [0.1, 0.15) is 5.56 Å². The monoisotopic (exact) mass is 425 g/mol. The van der Waals surface area contributed by atoms with Gasteiger partial charge < -0.3 is 14.2 Å². The fourth-order valence-electron chi connectivity index (χ4n) is 2.83. The van der Waals surface area contributed by atoms with Gasteiger partial charge in [0.25, 0.3) is 0 Å². The van der Waals surface area contributed by atoms with Crippen LogP contribution in [0, 0.1) is 0 Å². The number of aromatic nitrogens is 3. The molecule has 0 fully saturated rings. The molecular weight excluding hydrogens is 404 g/mol. The van der Waals surface area contributed by atoms with E-state index in [1.54, 1.807) is 42.7 Å². The second-order valence-electron chi connectivity index (χ2n) is 6.65. The number of hydrogen-bond donors (Lipinski definition) is 0.